The monoisotopic (exact) mass is 210 g/mol. The Morgan fingerprint density at radius 2 is 2.13 bits per heavy atom. The summed E-state index contributed by atoms with van der Waals surface area (Å²) in [5, 5.41) is 16.1. The molecule has 5 nitrogen and oxygen atoms in total. The summed E-state index contributed by atoms with van der Waals surface area (Å²) in [6.07, 6.45) is 0.747. The highest BCUT2D eigenvalue weighted by Crippen LogP contribution is 2.18. The highest BCUT2D eigenvalue weighted by Gasteiger charge is 2.18. The summed E-state index contributed by atoms with van der Waals surface area (Å²) < 4.78 is 1.82. The Morgan fingerprint density at radius 3 is 2.47 bits per heavy atom. The average Bonchev–Trinajstić information content (AvgIpc) is 2.47. The molecule has 0 bridgehead atoms. The number of aryl methyl sites for hydroxylation is 1. The van der Waals surface area contributed by atoms with Crippen LogP contribution in [0.15, 0.2) is 5.16 Å². The molecule has 0 aliphatic carbocycles. The number of nitrogens with two attached hydrogens (primary N) is 1. The lowest BCUT2D eigenvalue weighted by Gasteiger charge is -2.15. The van der Waals surface area contributed by atoms with Gasteiger partial charge in [-0.05, 0) is 32.8 Å². The van der Waals surface area contributed by atoms with Gasteiger partial charge in [-0.1, -0.05) is 12.1 Å². The van der Waals surface area contributed by atoms with Crippen LogP contribution in [0.2, 0.25) is 0 Å². The predicted molar refractivity (Wildman–Crippen MR) is 59.2 cm³/mol. The van der Waals surface area contributed by atoms with Crippen LogP contribution in [0.1, 0.15) is 36.3 Å². The number of amidine groups is 1. The number of nitrogens with zero attached hydrogens (tertiary/aromatic N) is 3. The molecule has 0 fully saturated rings. The molecular weight excluding hydrogens is 192 g/mol. The van der Waals surface area contributed by atoms with Gasteiger partial charge in [0.2, 0.25) is 0 Å². The third kappa shape index (κ3) is 1.95. The second-order valence-electron chi connectivity index (χ2n) is 3.69. The molecule has 15 heavy (non-hydrogen) atoms. The summed E-state index contributed by atoms with van der Waals surface area (Å²) in [6, 6.07) is -0.164. The summed E-state index contributed by atoms with van der Waals surface area (Å²) in [7, 11) is 0. The Balaban J connectivity index is 3.19. The maximum Gasteiger partial charge on any atom is 0.164 e. The number of hydrogen-bond acceptors (Lipinski definition) is 3. The maximum atomic E-state index is 8.69. The van der Waals surface area contributed by atoms with Gasteiger partial charge in [0.15, 0.2) is 5.84 Å². The lowest BCUT2D eigenvalue weighted by atomic mass is 10.2. The van der Waals surface area contributed by atoms with Crippen LogP contribution in [-0.4, -0.2) is 20.8 Å². The molecule has 3 N–H and O–H groups in total. The van der Waals surface area contributed by atoms with E-state index in [9.17, 15) is 0 Å². The first kappa shape index (κ1) is 11.6. The molecule has 0 spiro atoms. The maximum absolute atomic E-state index is 8.69. The van der Waals surface area contributed by atoms with E-state index in [-0.39, 0.29) is 11.9 Å². The van der Waals surface area contributed by atoms with Crippen LogP contribution in [0, 0.1) is 20.8 Å². The van der Waals surface area contributed by atoms with E-state index < -0.39 is 0 Å². The van der Waals surface area contributed by atoms with Crippen molar-refractivity contribution in [2.24, 2.45) is 10.9 Å². The molecule has 0 saturated carbocycles. The average molecular weight is 210 g/mol. The quantitative estimate of drug-likeness (QED) is 0.343. The topological polar surface area (TPSA) is 76.4 Å². The van der Waals surface area contributed by atoms with Crippen molar-refractivity contribution in [3.8, 4) is 0 Å². The molecule has 84 valence electrons. The molecule has 0 aromatic carbocycles. The minimum atomic E-state index is -0.164. The molecule has 1 aromatic heterocycles. The van der Waals surface area contributed by atoms with E-state index in [1.165, 1.54) is 0 Å². The van der Waals surface area contributed by atoms with Gasteiger partial charge in [-0.15, -0.1) is 0 Å². The lowest BCUT2D eigenvalue weighted by Crippen LogP contribution is -2.28. The zero-order valence-electron chi connectivity index (χ0n) is 9.65. The summed E-state index contributed by atoms with van der Waals surface area (Å²) in [4.78, 5) is 0. The number of aromatic nitrogens is 2. The van der Waals surface area contributed by atoms with E-state index in [2.05, 4.69) is 10.3 Å². The molecule has 1 heterocycles. The van der Waals surface area contributed by atoms with Crippen LogP contribution in [0.5, 0.6) is 0 Å². The second-order valence-corrected chi connectivity index (χ2v) is 3.69. The third-order valence-corrected chi connectivity index (χ3v) is 2.83. The number of rotatable bonds is 3. The fourth-order valence-corrected chi connectivity index (χ4v) is 1.62. The SMILES string of the molecule is CCC(C(N)=NO)n1nc(C)c(C)c1C. The Hall–Kier alpha value is -1.52. The van der Waals surface area contributed by atoms with Crippen LogP contribution in [0.25, 0.3) is 0 Å². The van der Waals surface area contributed by atoms with Crippen molar-refractivity contribution in [2.75, 3.05) is 0 Å². The molecule has 5 heteroatoms. The van der Waals surface area contributed by atoms with Crippen molar-refractivity contribution in [1.82, 2.24) is 9.78 Å². The Labute approximate surface area is 89.6 Å². The summed E-state index contributed by atoms with van der Waals surface area (Å²) >= 11 is 0. The van der Waals surface area contributed by atoms with Crippen LogP contribution in [0.3, 0.4) is 0 Å². The summed E-state index contributed by atoms with van der Waals surface area (Å²) in [6.45, 7) is 7.95. The molecular formula is C10H18N4O. The van der Waals surface area contributed by atoms with Crippen molar-refractivity contribution in [2.45, 2.75) is 40.2 Å². The minimum absolute atomic E-state index is 0.164. The van der Waals surface area contributed by atoms with Gasteiger partial charge in [0.25, 0.3) is 0 Å². The first-order valence-electron chi connectivity index (χ1n) is 5.02. The van der Waals surface area contributed by atoms with Gasteiger partial charge in [-0.3, -0.25) is 4.68 Å². The first-order chi connectivity index (χ1) is 7.02. The zero-order valence-corrected chi connectivity index (χ0v) is 9.65. The van der Waals surface area contributed by atoms with Gasteiger partial charge in [0, 0.05) is 5.69 Å². The van der Waals surface area contributed by atoms with E-state index in [1.54, 1.807) is 0 Å². The summed E-state index contributed by atoms with van der Waals surface area (Å²) in [5.74, 6) is 0.197. The zero-order chi connectivity index (χ0) is 11.6. The van der Waals surface area contributed by atoms with Crippen LogP contribution in [0.4, 0.5) is 0 Å². The number of oxime groups is 1. The molecule has 1 rings (SSSR count). The van der Waals surface area contributed by atoms with Crippen LogP contribution >= 0.6 is 0 Å². The number of hydrogen-bond donors (Lipinski definition) is 2. The molecule has 0 aliphatic rings. The molecule has 0 radical (unpaired) electrons. The molecule has 1 unspecified atom stereocenters. The van der Waals surface area contributed by atoms with Crippen molar-refractivity contribution in [3.05, 3.63) is 17.0 Å². The molecule has 1 aromatic rings. The molecule has 0 amide bonds. The van der Waals surface area contributed by atoms with Gasteiger partial charge in [-0.2, -0.15) is 5.10 Å². The second kappa shape index (κ2) is 4.33. The van der Waals surface area contributed by atoms with Crippen molar-refractivity contribution < 1.29 is 5.21 Å². The third-order valence-electron chi connectivity index (χ3n) is 2.83. The first-order valence-corrected chi connectivity index (χ1v) is 5.02. The van der Waals surface area contributed by atoms with Gasteiger partial charge in [0.05, 0.1) is 5.69 Å². The van der Waals surface area contributed by atoms with Crippen molar-refractivity contribution >= 4 is 5.84 Å². The fraction of sp³-hybridized carbons (Fsp3) is 0.600. The largest absolute Gasteiger partial charge is 0.409 e. The lowest BCUT2D eigenvalue weighted by molar-refractivity contribution is 0.312. The smallest absolute Gasteiger partial charge is 0.164 e. The molecule has 0 aliphatic heterocycles. The van der Waals surface area contributed by atoms with Crippen molar-refractivity contribution in [1.29, 1.82) is 0 Å². The van der Waals surface area contributed by atoms with E-state index in [4.69, 9.17) is 10.9 Å². The van der Waals surface area contributed by atoms with E-state index in [0.717, 1.165) is 23.4 Å². The van der Waals surface area contributed by atoms with Crippen LogP contribution < -0.4 is 5.73 Å². The van der Waals surface area contributed by atoms with Gasteiger partial charge in [0.1, 0.15) is 6.04 Å². The van der Waals surface area contributed by atoms with Gasteiger partial charge >= 0.3 is 0 Å². The molecule has 0 saturated heterocycles. The highest BCUT2D eigenvalue weighted by molar-refractivity contribution is 5.83. The van der Waals surface area contributed by atoms with E-state index in [1.807, 2.05) is 32.4 Å². The standard InChI is InChI=1S/C10H18N4O/c1-5-9(10(11)13-15)14-8(4)6(2)7(3)12-14/h9,15H,5H2,1-4H3,(H2,11,13). The molecule has 1 atom stereocenters. The Bertz CT molecular complexity index is 381. The minimum Gasteiger partial charge on any atom is -0.409 e. The Morgan fingerprint density at radius 1 is 1.53 bits per heavy atom. The van der Waals surface area contributed by atoms with Gasteiger partial charge in [-0.25, -0.2) is 0 Å². The Kier molecular flexibility index (Phi) is 3.34. The predicted octanol–water partition coefficient (Wildman–Crippen LogP) is 1.51. The van der Waals surface area contributed by atoms with E-state index in [0.29, 0.717) is 0 Å². The summed E-state index contributed by atoms with van der Waals surface area (Å²) in [5.41, 5.74) is 8.82. The fourth-order valence-electron chi connectivity index (χ4n) is 1.62. The van der Waals surface area contributed by atoms with Crippen LogP contribution in [-0.2, 0) is 0 Å². The highest BCUT2D eigenvalue weighted by atomic mass is 16.4. The van der Waals surface area contributed by atoms with E-state index >= 15 is 0 Å². The normalized spacial score (nSPS) is 14.3. The van der Waals surface area contributed by atoms with Gasteiger partial charge < -0.3 is 10.9 Å². The van der Waals surface area contributed by atoms with Crippen molar-refractivity contribution in [3.63, 3.8) is 0 Å².